The lowest BCUT2D eigenvalue weighted by molar-refractivity contribution is -0.0506. The van der Waals surface area contributed by atoms with Crippen molar-refractivity contribution in [2.75, 3.05) is 6.54 Å². The quantitative estimate of drug-likeness (QED) is 0.857. The van der Waals surface area contributed by atoms with Crippen LogP contribution in [0.1, 0.15) is 29.7 Å². The summed E-state index contributed by atoms with van der Waals surface area (Å²) in [6.45, 7) is 1.89. The summed E-state index contributed by atoms with van der Waals surface area (Å²) in [5.41, 5.74) is 2.87. The summed E-state index contributed by atoms with van der Waals surface area (Å²) in [6, 6.07) is 14.7. The number of ether oxygens (including phenoxy) is 1. The maximum Gasteiger partial charge on any atom is 0.387 e. The first-order valence-electron chi connectivity index (χ1n) is 6.95. The lowest BCUT2D eigenvalue weighted by atomic mass is 9.96. The second-order valence-electron chi connectivity index (χ2n) is 4.82. The summed E-state index contributed by atoms with van der Waals surface area (Å²) in [7, 11) is 0. The van der Waals surface area contributed by atoms with Gasteiger partial charge in [0.1, 0.15) is 5.75 Å². The Morgan fingerprint density at radius 3 is 2.52 bits per heavy atom. The Bertz CT molecular complexity index is 587. The lowest BCUT2D eigenvalue weighted by Crippen LogP contribution is -2.23. The standard InChI is InChI=1S/C17H19F2NO/c1-3-20-16(13-8-6-7-12(2)11-13)14-9-4-5-10-15(14)21-17(18)19/h4-11,16-17,20H,3H2,1-2H3. The molecule has 1 atom stereocenters. The normalized spacial score (nSPS) is 12.4. The van der Waals surface area contributed by atoms with Gasteiger partial charge >= 0.3 is 6.61 Å². The molecular weight excluding hydrogens is 272 g/mol. The van der Waals surface area contributed by atoms with Gasteiger partial charge in [0, 0.05) is 5.56 Å². The van der Waals surface area contributed by atoms with Crippen LogP contribution in [-0.4, -0.2) is 13.2 Å². The first kappa shape index (κ1) is 15.4. The van der Waals surface area contributed by atoms with E-state index < -0.39 is 6.61 Å². The van der Waals surface area contributed by atoms with Gasteiger partial charge in [0.05, 0.1) is 6.04 Å². The van der Waals surface area contributed by atoms with Gasteiger partial charge < -0.3 is 10.1 Å². The highest BCUT2D eigenvalue weighted by atomic mass is 19.3. The van der Waals surface area contributed by atoms with Gasteiger partial charge in [0.15, 0.2) is 0 Å². The summed E-state index contributed by atoms with van der Waals surface area (Å²) >= 11 is 0. The Morgan fingerprint density at radius 1 is 1.10 bits per heavy atom. The number of hydrogen-bond acceptors (Lipinski definition) is 2. The number of aryl methyl sites for hydroxylation is 1. The maximum atomic E-state index is 12.6. The molecule has 0 bridgehead atoms. The van der Waals surface area contributed by atoms with Crippen molar-refractivity contribution in [3.05, 3.63) is 65.2 Å². The number of benzene rings is 2. The lowest BCUT2D eigenvalue weighted by Gasteiger charge is -2.22. The first-order chi connectivity index (χ1) is 10.1. The van der Waals surface area contributed by atoms with Crippen LogP contribution < -0.4 is 10.1 Å². The van der Waals surface area contributed by atoms with Crippen molar-refractivity contribution in [1.82, 2.24) is 5.32 Å². The largest absolute Gasteiger partial charge is 0.434 e. The van der Waals surface area contributed by atoms with E-state index in [-0.39, 0.29) is 11.8 Å². The van der Waals surface area contributed by atoms with Crippen LogP contribution in [0.3, 0.4) is 0 Å². The highest BCUT2D eigenvalue weighted by molar-refractivity contribution is 5.42. The number of rotatable bonds is 6. The minimum atomic E-state index is -2.83. The van der Waals surface area contributed by atoms with Crippen molar-refractivity contribution < 1.29 is 13.5 Å². The molecule has 1 N–H and O–H groups in total. The minimum absolute atomic E-state index is 0.176. The predicted molar refractivity (Wildman–Crippen MR) is 79.8 cm³/mol. The SMILES string of the molecule is CCNC(c1cccc(C)c1)c1ccccc1OC(F)F. The smallest absolute Gasteiger partial charge is 0.387 e. The van der Waals surface area contributed by atoms with Gasteiger partial charge in [-0.2, -0.15) is 8.78 Å². The summed E-state index contributed by atoms with van der Waals surface area (Å²) in [5, 5.41) is 3.33. The molecule has 0 aromatic heterocycles. The highest BCUT2D eigenvalue weighted by Crippen LogP contribution is 2.31. The fraction of sp³-hybridized carbons (Fsp3) is 0.294. The number of alkyl halides is 2. The molecule has 0 radical (unpaired) electrons. The Kier molecular flexibility index (Phi) is 5.28. The monoisotopic (exact) mass is 291 g/mol. The van der Waals surface area contributed by atoms with Gasteiger partial charge in [0.2, 0.25) is 0 Å². The Balaban J connectivity index is 2.43. The van der Waals surface area contributed by atoms with Gasteiger partial charge in [-0.3, -0.25) is 0 Å². The van der Waals surface area contributed by atoms with E-state index in [1.54, 1.807) is 12.1 Å². The molecule has 2 aromatic rings. The van der Waals surface area contributed by atoms with Gasteiger partial charge in [-0.1, -0.05) is 55.0 Å². The van der Waals surface area contributed by atoms with Gasteiger partial charge in [-0.05, 0) is 25.1 Å². The van der Waals surface area contributed by atoms with Crippen LogP contribution in [-0.2, 0) is 0 Å². The minimum Gasteiger partial charge on any atom is -0.434 e. The molecular formula is C17H19F2NO. The average Bonchev–Trinajstić information content (AvgIpc) is 2.45. The fourth-order valence-electron chi connectivity index (χ4n) is 2.38. The van der Waals surface area contributed by atoms with Crippen molar-refractivity contribution >= 4 is 0 Å². The Labute approximate surface area is 123 Å². The fourth-order valence-corrected chi connectivity index (χ4v) is 2.38. The third-order valence-corrected chi connectivity index (χ3v) is 3.23. The van der Waals surface area contributed by atoms with E-state index in [1.807, 2.05) is 50.2 Å². The van der Waals surface area contributed by atoms with Crippen molar-refractivity contribution in [2.24, 2.45) is 0 Å². The molecule has 4 heteroatoms. The van der Waals surface area contributed by atoms with Gasteiger partial charge in [-0.25, -0.2) is 0 Å². The van der Waals surface area contributed by atoms with Crippen molar-refractivity contribution in [2.45, 2.75) is 26.5 Å². The highest BCUT2D eigenvalue weighted by Gasteiger charge is 2.19. The summed E-state index contributed by atoms with van der Waals surface area (Å²) in [5.74, 6) is 0.208. The molecule has 21 heavy (non-hydrogen) atoms. The summed E-state index contributed by atoms with van der Waals surface area (Å²) in [4.78, 5) is 0. The Morgan fingerprint density at radius 2 is 1.86 bits per heavy atom. The third-order valence-electron chi connectivity index (χ3n) is 3.23. The molecule has 0 aliphatic rings. The van der Waals surface area contributed by atoms with Gasteiger partial charge in [0.25, 0.3) is 0 Å². The number of para-hydroxylation sites is 1. The second kappa shape index (κ2) is 7.18. The summed E-state index contributed by atoms with van der Waals surface area (Å²) in [6.07, 6.45) is 0. The predicted octanol–water partition coefficient (Wildman–Crippen LogP) is 4.30. The molecule has 0 saturated heterocycles. The number of hydrogen-bond donors (Lipinski definition) is 1. The Hall–Kier alpha value is -1.94. The van der Waals surface area contributed by atoms with Crippen molar-refractivity contribution in [3.8, 4) is 5.75 Å². The third kappa shape index (κ3) is 4.02. The van der Waals surface area contributed by atoms with E-state index in [2.05, 4.69) is 10.1 Å². The van der Waals surface area contributed by atoms with Crippen molar-refractivity contribution in [1.29, 1.82) is 0 Å². The van der Waals surface area contributed by atoms with E-state index >= 15 is 0 Å². The zero-order chi connectivity index (χ0) is 15.2. The number of halogens is 2. The van der Waals surface area contributed by atoms with Crippen LogP contribution in [0.4, 0.5) is 8.78 Å². The number of nitrogens with one attached hydrogen (secondary N) is 1. The zero-order valence-electron chi connectivity index (χ0n) is 12.1. The van der Waals surface area contributed by atoms with Crippen molar-refractivity contribution in [3.63, 3.8) is 0 Å². The average molecular weight is 291 g/mol. The van der Waals surface area contributed by atoms with E-state index in [0.29, 0.717) is 5.56 Å². The van der Waals surface area contributed by atoms with E-state index in [1.165, 1.54) is 0 Å². The molecule has 1 unspecified atom stereocenters. The second-order valence-corrected chi connectivity index (χ2v) is 4.82. The molecule has 2 aromatic carbocycles. The van der Waals surface area contributed by atoms with Crippen LogP contribution in [0.2, 0.25) is 0 Å². The van der Waals surface area contributed by atoms with Crippen LogP contribution in [0.25, 0.3) is 0 Å². The molecule has 0 heterocycles. The maximum absolute atomic E-state index is 12.6. The van der Waals surface area contributed by atoms with E-state index in [9.17, 15) is 8.78 Å². The molecule has 2 nitrogen and oxygen atoms in total. The van der Waals surface area contributed by atoms with Crippen LogP contribution in [0.5, 0.6) is 5.75 Å². The molecule has 0 spiro atoms. The van der Waals surface area contributed by atoms with E-state index in [0.717, 1.165) is 17.7 Å². The van der Waals surface area contributed by atoms with E-state index in [4.69, 9.17) is 0 Å². The van der Waals surface area contributed by atoms with Crippen LogP contribution >= 0.6 is 0 Å². The first-order valence-corrected chi connectivity index (χ1v) is 6.95. The molecule has 0 aliphatic heterocycles. The van der Waals surface area contributed by atoms with Crippen LogP contribution in [0, 0.1) is 6.92 Å². The van der Waals surface area contributed by atoms with Crippen LogP contribution in [0.15, 0.2) is 48.5 Å². The zero-order valence-corrected chi connectivity index (χ0v) is 12.1. The molecule has 0 fully saturated rings. The summed E-state index contributed by atoms with van der Waals surface area (Å²) < 4.78 is 29.8. The molecule has 0 aliphatic carbocycles. The molecule has 0 saturated carbocycles. The van der Waals surface area contributed by atoms with Gasteiger partial charge in [-0.15, -0.1) is 0 Å². The molecule has 112 valence electrons. The topological polar surface area (TPSA) is 21.3 Å². The molecule has 0 amide bonds. The molecule has 2 rings (SSSR count).